The smallest absolute Gasteiger partial charge is 0.321 e. The molecule has 0 bridgehead atoms. The van der Waals surface area contributed by atoms with Crippen molar-refractivity contribution >= 4 is 9.28 Å². The van der Waals surface area contributed by atoms with Gasteiger partial charge in [0.1, 0.15) is 0 Å². The Kier molecular flexibility index (Phi) is 11.6. The highest BCUT2D eigenvalue weighted by atomic mass is 28.3. The van der Waals surface area contributed by atoms with E-state index in [-0.39, 0.29) is 0 Å². The molecule has 4 heteroatoms. The predicted octanol–water partition coefficient (Wildman–Crippen LogP) is 2.40. The molecule has 0 atom stereocenters. The molecule has 0 N–H and O–H groups in total. The van der Waals surface area contributed by atoms with Gasteiger partial charge >= 0.3 is 9.28 Å². The lowest BCUT2D eigenvalue weighted by molar-refractivity contribution is 0.194. The topological polar surface area (TPSA) is 21.7 Å². The Bertz CT molecular complexity index is 139. The van der Waals surface area contributed by atoms with Gasteiger partial charge in [0, 0.05) is 13.2 Å². The summed E-state index contributed by atoms with van der Waals surface area (Å²) in [7, 11) is 0.797. The maximum atomic E-state index is 5.81. The van der Waals surface area contributed by atoms with Gasteiger partial charge in [-0.25, -0.2) is 0 Å². The van der Waals surface area contributed by atoms with Crippen LogP contribution >= 0.6 is 0 Å². The minimum absolute atomic E-state index is 0.865. The van der Waals surface area contributed by atoms with Gasteiger partial charge in [-0.2, -0.15) is 0 Å². The van der Waals surface area contributed by atoms with Gasteiger partial charge in [-0.15, -0.1) is 0 Å². The molecule has 0 aliphatic carbocycles. The fourth-order valence-corrected chi connectivity index (χ4v) is 3.34. The summed E-state index contributed by atoms with van der Waals surface area (Å²) in [5.41, 5.74) is 0. The summed E-state index contributed by atoms with van der Waals surface area (Å²) in [6.45, 7) is 10.5. The van der Waals surface area contributed by atoms with E-state index in [1.165, 1.54) is 6.42 Å². The third kappa shape index (κ3) is 9.33. The molecule has 98 valence electrons. The summed E-state index contributed by atoms with van der Waals surface area (Å²) in [6, 6.07) is 1.14. The van der Waals surface area contributed by atoms with Gasteiger partial charge in [0.15, 0.2) is 0 Å². The van der Waals surface area contributed by atoms with Crippen LogP contribution in [0.25, 0.3) is 0 Å². The first kappa shape index (κ1) is 16.1. The zero-order chi connectivity index (χ0) is 12.2. The summed E-state index contributed by atoms with van der Waals surface area (Å²) < 4.78 is 11.6. The van der Waals surface area contributed by atoms with Crippen molar-refractivity contribution in [1.82, 2.24) is 4.90 Å². The van der Waals surface area contributed by atoms with Crippen molar-refractivity contribution in [1.29, 1.82) is 0 Å². The normalized spacial score (nSPS) is 11.6. The van der Waals surface area contributed by atoms with E-state index >= 15 is 0 Å². The van der Waals surface area contributed by atoms with Crippen LogP contribution in [-0.2, 0) is 8.85 Å². The molecule has 0 aliphatic rings. The number of nitrogens with zero attached hydrogens (tertiary/aromatic N) is 1. The molecule has 0 aromatic carbocycles. The first-order valence-electron chi connectivity index (χ1n) is 6.66. The Morgan fingerprint density at radius 1 is 1.00 bits per heavy atom. The Hall–Kier alpha value is 0.0969. The second kappa shape index (κ2) is 11.6. The van der Waals surface area contributed by atoms with Gasteiger partial charge in [-0.05, 0) is 45.4 Å². The fourth-order valence-electron chi connectivity index (χ4n) is 1.40. The van der Waals surface area contributed by atoms with Crippen molar-refractivity contribution in [2.24, 2.45) is 0 Å². The first-order valence-corrected chi connectivity index (χ1v) is 8.42. The standard InChI is InChI=1S/C12H29NO2Si/c1-5-10-14-16(15-11-6-2)12-8-9-13(4)7-3/h16H,5-12H2,1-4H3. The summed E-state index contributed by atoms with van der Waals surface area (Å²) in [5.74, 6) is 0. The van der Waals surface area contributed by atoms with E-state index in [1.807, 2.05) is 0 Å². The van der Waals surface area contributed by atoms with Crippen molar-refractivity contribution in [2.45, 2.75) is 46.1 Å². The number of hydrogen-bond acceptors (Lipinski definition) is 3. The van der Waals surface area contributed by atoms with Crippen LogP contribution in [0, 0.1) is 0 Å². The minimum Gasteiger partial charge on any atom is -0.397 e. The fraction of sp³-hybridized carbons (Fsp3) is 1.00. The molecule has 3 nitrogen and oxygen atoms in total. The van der Waals surface area contributed by atoms with E-state index in [0.717, 1.165) is 45.2 Å². The Labute approximate surface area is 103 Å². The highest BCUT2D eigenvalue weighted by Gasteiger charge is 2.12. The van der Waals surface area contributed by atoms with Gasteiger partial charge in [0.2, 0.25) is 0 Å². The van der Waals surface area contributed by atoms with Crippen LogP contribution in [0.3, 0.4) is 0 Å². The van der Waals surface area contributed by atoms with E-state index in [4.69, 9.17) is 8.85 Å². The molecular formula is C12H29NO2Si. The quantitative estimate of drug-likeness (QED) is 0.523. The Morgan fingerprint density at radius 2 is 1.56 bits per heavy atom. The van der Waals surface area contributed by atoms with Crippen molar-refractivity contribution < 1.29 is 8.85 Å². The molecule has 0 saturated carbocycles. The lowest BCUT2D eigenvalue weighted by Crippen LogP contribution is -2.26. The third-order valence-electron chi connectivity index (χ3n) is 2.54. The molecule has 0 saturated heterocycles. The van der Waals surface area contributed by atoms with Crippen molar-refractivity contribution in [3.63, 3.8) is 0 Å². The molecule has 0 rings (SSSR count). The van der Waals surface area contributed by atoms with Gasteiger partial charge in [-0.1, -0.05) is 20.8 Å². The Morgan fingerprint density at radius 3 is 2.00 bits per heavy atom. The highest BCUT2D eigenvalue weighted by Crippen LogP contribution is 2.04. The molecule has 0 aromatic heterocycles. The van der Waals surface area contributed by atoms with E-state index in [9.17, 15) is 0 Å². The monoisotopic (exact) mass is 247 g/mol. The maximum Gasteiger partial charge on any atom is 0.321 e. The summed E-state index contributed by atoms with van der Waals surface area (Å²) in [5, 5.41) is 0. The van der Waals surface area contributed by atoms with Gasteiger partial charge in [-0.3, -0.25) is 0 Å². The van der Waals surface area contributed by atoms with Crippen LogP contribution in [0.2, 0.25) is 6.04 Å². The van der Waals surface area contributed by atoms with Crippen molar-refractivity contribution in [3.8, 4) is 0 Å². The lowest BCUT2D eigenvalue weighted by Gasteiger charge is -2.18. The van der Waals surface area contributed by atoms with Crippen LogP contribution in [-0.4, -0.2) is 47.5 Å². The minimum atomic E-state index is -1.37. The second-order valence-electron chi connectivity index (χ2n) is 4.21. The number of rotatable bonds is 11. The molecule has 0 fully saturated rings. The molecule has 0 heterocycles. The van der Waals surface area contributed by atoms with Crippen LogP contribution < -0.4 is 0 Å². The van der Waals surface area contributed by atoms with Crippen LogP contribution in [0.4, 0.5) is 0 Å². The Balaban J connectivity index is 3.63. The largest absolute Gasteiger partial charge is 0.397 e. The van der Waals surface area contributed by atoms with E-state index < -0.39 is 9.28 Å². The molecule has 0 aliphatic heterocycles. The zero-order valence-electron chi connectivity index (χ0n) is 11.5. The average molecular weight is 247 g/mol. The van der Waals surface area contributed by atoms with Gasteiger partial charge < -0.3 is 13.8 Å². The van der Waals surface area contributed by atoms with Gasteiger partial charge in [0.05, 0.1) is 0 Å². The van der Waals surface area contributed by atoms with Crippen LogP contribution in [0.1, 0.15) is 40.0 Å². The highest BCUT2D eigenvalue weighted by molar-refractivity contribution is 6.44. The third-order valence-corrected chi connectivity index (χ3v) is 4.63. The molecule has 0 spiro atoms. The molecule has 0 unspecified atom stereocenters. The molecule has 16 heavy (non-hydrogen) atoms. The van der Waals surface area contributed by atoms with E-state index in [1.54, 1.807) is 0 Å². The second-order valence-corrected chi connectivity index (χ2v) is 6.31. The maximum absolute atomic E-state index is 5.81. The predicted molar refractivity (Wildman–Crippen MR) is 72.2 cm³/mol. The lowest BCUT2D eigenvalue weighted by atomic mass is 10.4. The molecule has 0 radical (unpaired) electrons. The van der Waals surface area contributed by atoms with Crippen molar-refractivity contribution in [3.05, 3.63) is 0 Å². The average Bonchev–Trinajstić information content (AvgIpc) is 2.31. The van der Waals surface area contributed by atoms with Crippen LogP contribution in [0.5, 0.6) is 0 Å². The van der Waals surface area contributed by atoms with Crippen LogP contribution in [0.15, 0.2) is 0 Å². The summed E-state index contributed by atoms with van der Waals surface area (Å²) >= 11 is 0. The summed E-state index contributed by atoms with van der Waals surface area (Å²) in [4.78, 5) is 2.34. The zero-order valence-corrected chi connectivity index (χ0v) is 12.7. The number of hydrogen-bond donors (Lipinski definition) is 0. The SMILES string of the molecule is CCCO[SiH](CCCN(C)CC)OCCC. The summed E-state index contributed by atoms with van der Waals surface area (Å²) in [6.07, 6.45) is 3.39. The van der Waals surface area contributed by atoms with Gasteiger partial charge in [0.25, 0.3) is 0 Å². The van der Waals surface area contributed by atoms with E-state index in [0.29, 0.717) is 0 Å². The molecule has 0 aromatic rings. The molecule has 0 amide bonds. The van der Waals surface area contributed by atoms with Crippen molar-refractivity contribution in [2.75, 3.05) is 33.4 Å². The van der Waals surface area contributed by atoms with E-state index in [2.05, 4.69) is 32.7 Å². The first-order chi connectivity index (χ1) is 7.74. The molecular weight excluding hydrogens is 218 g/mol.